The van der Waals surface area contributed by atoms with Gasteiger partial charge in [0.2, 0.25) is 0 Å². The van der Waals surface area contributed by atoms with Crippen LogP contribution in [0.4, 0.5) is 0 Å². The summed E-state index contributed by atoms with van der Waals surface area (Å²) in [5.74, 6) is 0. The van der Waals surface area contributed by atoms with Gasteiger partial charge >= 0.3 is 0 Å². The second-order valence-electron chi connectivity index (χ2n) is 2.93. The summed E-state index contributed by atoms with van der Waals surface area (Å²) < 4.78 is 0. The molecule has 0 spiro atoms. The summed E-state index contributed by atoms with van der Waals surface area (Å²) in [7, 11) is 0. The minimum atomic E-state index is -0.140. The molecule has 70 valence electrons. The van der Waals surface area contributed by atoms with Gasteiger partial charge < -0.3 is 10.2 Å². The first-order valence-corrected chi connectivity index (χ1v) is 4.30. The maximum atomic E-state index is 8.92. The van der Waals surface area contributed by atoms with Gasteiger partial charge in [-0.1, -0.05) is 25.3 Å². The number of hydrogen-bond donors (Lipinski definition) is 2. The molecule has 2 N–H and O–H groups in total. The van der Waals surface area contributed by atoms with Crippen LogP contribution >= 0.6 is 0 Å². The Bertz CT molecular complexity index is 108. The molecular weight excluding hydrogens is 152 g/mol. The summed E-state index contributed by atoms with van der Waals surface area (Å²) in [6.07, 6.45) is 6.11. The van der Waals surface area contributed by atoms with Gasteiger partial charge in [0.05, 0.1) is 12.2 Å². The van der Waals surface area contributed by atoms with Gasteiger partial charge in [-0.3, -0.25) is 0 Å². The number of aliphatic hydroxyl groups is 2. The van der Waals surface area contributed by atoms with Gasteiger partial charge in [0.25, 0.3) is 0 Å². The maximum Gasteiger partial charge on any atom is 0.0542 e. The highest BCUT2D eigenvalue weighted by Crippen LogP contribution is 2.17. The first kappa shape index (κ1) is 11.4. The molecule has 0 aliphatic heterocycles. The molecule has 1 aliphatic rings. The lowest BCUT2D eigenvalue weighted by molar-refractivity contribution is 0.0541. The molecule has 0 aromatic carbocycles. The van der Waals surface area contributed by atoms with Crippen molar-refractivity contribution < 1.29 is 10.2 Å². The quantitative estimate of drug-likeness (QED) is 0.587. The zero-order chi connectivity index (χ0) is 9.40. The van der Waals surface area contributed by atoms with Gasteiger partial charge in [0.1, 0.15) is 0 Å². The van der Waals surface area contributed by atoms with Crippen molar-refractivity contribution in [3.63, 3.8) is 0 Å². The van der Waals surface area contributed by atoms with E-state index in [9.17, 15) is 0 Å². The Kier molecular flexibility index (Phi) is 6.72. The first-order valence-electron chi connectivity index (χ1n) is 4.30. The van der Waals surface area contributed by atoms with Crippen molar-refractivity contribution >= 4 is 0 Å². The molecule has 1 aliphatic carbocycles. The fraction of sp³-hybridized carbons (Fsp3) is 0.600. The van der Waals surface area contributed by atoms with E-state index >= 15 is 0 Å². The average molecular weight is 170 g/mol. The second-order valence-corrected chi connectivity index (χ2v) is 2.93. The molecule has 0 aromatic heterocycles. The van der Waals surface area contributed by atoms with Crippen molar-refractivity contribution in [2.45, 2.75) is 37.9 Å². The molecule has 1 fully saturated rings. The smallest absolute Gasteiger partial charge is 0.0542 e. The standard InChI is InChI=1S/C6H12O2.C4H6/c7-5-1-2-6(8)4-3-5;1-3-4-2/h5-8H,1-4H2;3-4H,1-2H2. The lowest BCUT2D eigenvalue weighted by atomic mass is 9.95. The van der Waals surface area contributed by atoms with Crippen molar-refractivity contribution in [1.29, 1.82) is 0 Å². The van der Waals surface area contributed by atoms with Crippen LogP contribution in [0.15, 0.2) is 25.3 Å². The summed E-state index contributed by atoms with van der Waals surface area (Å²) in [6.45, 7) is 6.72. The van der Waals surface area contributed by atoms with Gasteiger partial charge in [-0.2, -0.15) is 0 Å². The fourth-order valence-corrected chi connectivity index (χ4v) is 1.06. The SMILES string of the molecule is C=CC=C.OC1CCC(O)CC1. The highest BCUT2D eigenvalue weighted by Gasteiger charge is 2.15. The molecule has 0 radical (unpaired) electrons. The summed E-state index contributed by atoms with van der Waals surface area (Å²) in [4.78, 5) is 0. The summed E-state index contributed by atoms with van der Waals surface area (Å²) in [6, 6.07) is 0. The molecule has 0 heterocycles. The van der Waals surface area contributed by atoms with Gasteiger partial charge in [-0.15, -0.1) is 0 Å². The van der Waals surface area contributed by atoms with Crippen molar-refractivity contribution in [2.75, 3.05) is 0 Å². The second kappa shape index (κ2) is 7.07. The molecule has 0 aromatic rings. The molecule has 1 rings (SSSR count). The van der Waals surface area contributed by atoms with Crippen molar-refractivity contribution in [2.24, 2.45) is 0 Å². The zero-order valence-electron chi connectivity index (χ0n) is 7.45. The molecule has 1 saturated carbocycles. The van der Waals surface area contributed by atoms with E-state index in [0.29, 0.717) is 0 Å². The Hall–Kier alpha value is -0.600. The van der Waals surface area contributed by atoms with Gasteiger partial charge in [-0.05, 0) is 25.7 Å². The zero-order valence-corrected chi connectivity index (χ0v) is 7.45. The normalized spacial score (nSPS) is 28.2. The summed E-state index contributed by atoms with van der Waals surface area (Å²) >= 11 is 0. The minimum absolute atomic E-state index is 0.140. The third-order valence-corrected chi connectivity index (χ3v) is 1.83. The topological polar surface area (TPSA) is 40.5 Å². The van der Waals surface area contributed by atoms with Crippen LogP contribution in [0.1, 0.15) is 25.7 Å². The van der Waals surface area contributed by atoms with E-state index in [0.717, 1.165) is 25.7 Å². The lowest BCUT2D eigenvalue weighted by Crippen LogP contribution is -2.21. The van der Waals surface area contributed by atoms with E-state index in [4.69, 9.17) is 10.2 Å². The molecule has 2 heteroatoms. The fourth-order valence-electron chi connectivity index (χ4n) is 1.06. The van der Waals surface area contributed by atoms with Gasteiger partial charge in [0.15, 0.2) is 0 Å². The van der Waals surface area contributed by atoms with E-state index in [1.807, 2.05) is 0 Å². The summed E-state index contributed by atoms with van der Waals surface area (Å²) in [5.41, 5.74) is 0. The molecule has 0 unspecified atom stereocenters. The van der Waals surface area contributed by atoms with E-state index in [2.05, 4.69) is 13.2 Å². The van der Waals surface area contributed by atoms with Crippen molar-refractivity contribution in [3.05, 3.63) is 25.3 Å². The van der Waals surface area contributed by atoms with E-state index in [-0.39, 0.29) is 12.2 Å². The largest absolute Gasteiger partial charge is 0.393 e. The molecule has 0 bridgehead atoms. The average Bonchev–Trinajstić information content (AvgIpc) is 2.11. The highest BCUT2D eigenvalue weighted by molar-refractivity contribution is 4.88. The van der Waals surface area contributed by atoms with Crippen LogP contribution in [0.3, 0.4) is 0 Å². The van der Waals surface area contributed by atoms with Crippen LogP contribution in [-0.4, -0.2) is 22.4 Å². The Morgan fingerprint density at radius 1 is 0.833 bits per heavy atom. The van der Waals surface area contributed by atoms with Crippen LogP contribution in [0.2, 0.25) is 0 Å². The first-order chi connectivity index (χ1) is 5.70. The predicted molar refractivity (Wildman–Crippen MR) is 50.9 cm³/mol. The molecule has 0 atom stereocenters. The van der Waals surface area contributed by atoms with Crippen molar-refractivity contribution in [1.82, 2.24) is 0 Å². The van der Waals surface area contributed by atoms with Gasteiger partial charge in [-0.25, -0.2) is 0 Å². The summed E-state index contributed by atoms with van der Waals surface area (Å²) in [5, 5.41) is 17.8. The molecule has 12 heavy (non-hydrogen) atoms. The Morgan fingerprint density at radius 3 is 1.25 bits per heavy atom. The Labute approximate surface area is 74.2 Å². The van der Waals surface area contributed by atoms with Crippen LogP contribution in [-0.2, 0) is 0 Å². The van der Waals surface area contributed by atoms with Gasteiger partial charge in [0, 0.05) is 0 Å². The van der Waals surface area contributed by atoms with E-state index in [1.165, 1.54) is 0 Å². The van der Waals surface area contributed by atoms with Crippen LogP contribution < -0.4 is 0 Å². The molecule has 0 amide bonds. The highest BCUT2D eigenvalue weighted by atomic mass is 16.3. The third-order valence-electron chi connectivity index (χ3n) is 1.83. The molecule has 2 nitrogen and oxygen atoms in total. The van der Waals surface area contributed by atoms with Crippen LogP contribution in [0.5, 0.6) is 0 Å². The van der Waals surface area contributed by atoms with E-state index < -0.39 is 0 Å². The third kappa shape index (κ3) is 6.13. The van der Waals surface area contributed by atoms with Crippen molar-refractivity contribution in [3.8, 4) is 0 Å². The van der Waals surface area contributed by atoms with E-state index in [1.54, 1.807) is 12.2 Å². The lowest BCUT2D eigenvalue weighted by Gasteiger charge is -2.20. The van der Waals surface area contributed by atoms with Crippen LogP contribution in [0, 0.1) is 0 Å². The monoisotopic (exact) mass is 170 g/mol. The molecular formula is C10H18O2. The maximum absolute atomic E-state index is 8.92. The minimum Gasteiger partial charge on any atom is -0.393 e. The number of aliphatic hydroxyl groups excluding tert-OH is 2. The molecule has 0 saturated heterocycles. The number of rotatable bonds is 1. The Balaban J connectivity index is 0.000000261. The van der Waals surface area contributed by atoms with Crippen LogP contribution in [0.25, 0.3) is 0 Å². The Morgan fingerprint density at radius 2 is 1.08 bits per heavy atom. The predicted octanol–water partition coefficient (Wildman–Crippen LogP) is 1.64. The number of allylic oxidation sites excluding steroid dienone is 2. The number of hydrogen-bond acceptors (Lipinski definition) is 2.